The van der Waals surface area contributed by atoms with Gasteiger partial charge in [0.15, 0.2) is 0 Å². The SMILES string of the molecule is CC(C)CP1(=O)NC(C)SC(C)N1. The van der Waals surface area contributed by atoms with Gasteiger partial charge in [-0.3, -0.25) is 4.57 Å². The summed E-state index contributed by atoms with van der Waals surface area (Å²) in [4.78, 5) is 0. The molecule has 13 heavy (non-hydrogen) atoms. The Bertz CT molecular complexity index is 200. The minimum Gasteiger partial charge on any atom is -0.289 e. The lowest BCUT2D eigenvalue weighted by atomic mass is 10.3. The fraction of sp³-hybridized carbons (Fsp3) is 1.00. The Kier molecular flexibility index (Phi) is 3.87. The number of nitrogens with one attached hydrogen (secondary N) is 2. The van der Waals surface area contributed by atoms with Crippen molar-refractivity contribution in [3.63, 3.8) is 0 Å². The Morgan fingerprint density at radius 2 is 1.77 bits per heavy atom. The van der Waals surface area contributed by atoms with Gasteiger partial charge in [-0.15, -0.1) is 11.8 Å². The van der Waals surface area contributed by atoms with Crippen LogP contribution < -0.4 is 10.2 Å². The summed E-state index contributed by atoms with van der Waals surface area (Å²) >= 11 is 1.78. The van der Waals surface area contributed by atoms with Gasteiger partial charge in [-0.05, 0) is 19.8 Å². The van der Waals surface area contributed by atoms with Crippen LogP contribution in [0.2, 0.25) is 0 Å². The van der Waals surface area contributed by atoms with Crippen LogP contribution in [0.25, 0.3) is 0 Å². The Hall–Kier alpha value is 0.500. The van der Waals surface area contributed by atoms with Crippen LogP contribution in [0, 0.1) is 5.92 Å². The van der Waals surface area contributed by atoms with E-state index < -0.39 is 7.44 Å². The average Bonchev–Trinajstić information content (AvgIpc) is 1.77. The third-order valence-electron chi connectivity index (χ3n) is 1.81. The molecule has 78 valence electrons. The molecule has 0 amide bonds. The molecule has 0 bridgehead atoms. The lowest BCUT2D eigenvalue weighted by molar-refractivity contribution is 0.536. The highest BCUT2D eigenvalue weighted by Crippen LogP contribution is 2.45. The van der Waals surface area contributed by atoms with Crippen LogP contribution in [-0.4, -0.2) is 16.9 Å². The summed E-state index contributed by atoms with van der Waals surface area (Å²) in [7, 11) is -2.30. The van der Waals surface area contributed by atoms with Crippen molar-refractivity contribution in [1.29, 1.82) is 0 Å². The molecule has 0 spiro atoms. The highest BCUT2D eigenvalue weighted by Gasteiger charge is 2.32. The Morgan fingerprint density at radius 3 is 2.15 bits per heavy atom. The van der Waals surface area contributed by atoms with Gasteiger partial charge in [-0.25, -0.2) is 10.2 Å². The summed E-state index contributed by atoms with van der Waals surface area (Å²) in [5.41, 5.74) is 0. The van der Waals surface area contributed by atoms with E-state index in [9.17, 15) is 4.57 Å². The molecule has 2 unspecified atom stereocenters. The number of thioether (sulfide) groups is 1. The van der Waals surface area contributed by atoms with E-state index in [0.29, 0.717) is 16.7 Å². The van der Waals surface area contributed by atoms with Gasteiger partial charge in [-0.2, -0.15) is 0 Å². The summed E-state index contributed by atoms with van der Waals surface area (Å²) in [5, 5.41) is 6.91. The minimum absolute atomic E-state index is 0.292. The minimum atomic E-state index is -2.30. The molecule has 0 saturated carbocycles. The first-order chi connectivity index (χ1) is 5.91. The van der Waals surface area contributed by atoms with Gasteiger partial charge in [0.1, 0.15) is 0 Å². The lowest BCUT2D eigenvalue weighted by Crippen LogP contribution is -2.40. The van der Waals surface area contributed by atoms with Crippen LogP contribution in [0.3, 0.4) is 0 Å². The maximum absolute atomic E-state index is 12.2. The molecular weight excluding hydrogens is 203 g/mol. The first kappa shape index (κ1) is 11.6. The molecule has 1 rings (SSSR count). The number of hydrogen-bond donors (Lipinski definition) is 2. The largest absolute Gasteiger partial charge is 0.289 e. The molecule has 2 N–H and O–H groups in total. The molecule has 2 atom stereocenters. The van der Waals surface area contributed by atoms with Crippen molar-refractivity contribution in [1.82, 2.24) is 10.2 Å². The molecule has 0 aromatic rings. The number of rotatable bonds is 2. The zero-order valence-electron chi connectivity index (χ0n) is 8.70. The van der Waals surface area contributed by atoms with Gasteiger partial charge in [0.05, 0.1) is 10.7 Å². The maximum Gasteiger partial charge on any atom is 0.213 e. The van der Waals surface area contributed by atoms with Crippen molar-refractivity contribution in [3.8, 4) is 0 Å². The van der Waals surface area contributed by atoms with E-state index in [2.05, 4.69) is 37.9 Å². The van der Waals surface area contributed by atoms with Crippen molar-refractivity contribution in [2.75, 3.05) is 6.16 Å². The summed E-state index contributed by atoms with van der Waals surface area (Å²) < 4.78 is 12.2. The standard InChI is InChI=1S/C8H19N2OPS/c1-6(2)5-12(11)9-7(3)13-8(4)10-12/h6-8H,5H2,1-4H3,(H2,9,10,11). The molecule has 5 heteroatoms. The second-order valence-corrected chi connectivity index (χ2v) is 8.04. The molecule has 0 radical (unpaired) electrons. The highest BCUT2D eigenvalue weighted by molar-refractivity contribution is 8.01. The van der Waals surface area contributed by atoms with E-state index in [0.717, 1.165) is 6.16 Å². The zero-order valence-corrected chi connectivity index (χ0v) is 10.4. The highest BCUT2D eigenvalue weighted by atomic mass is 32.2. The van der Waals surface area contributed by atoms with Crippen LogP contribution in [-0.2, 0) is 4.57 Å². The lowest BCUT2D eigenvalue weighted by Gasteiger charge is -2.34. The Balaban J connectivity index is 2.61. The van der Waals surface area contributed by atoms with E-state index in [1.54, 1.807) is 11.8 Å². The van der Waals surface area contributed by atoms with Crippen LogP contribution >= 0.6 is 19.2 Å². The molecule has 1 heterocycles. The molecule has 1 aliphatic heterocycles. The second kappa shape index (κ2) is 4.35. The van der Waals surface area contributed by atoms with Gasteiger partial charge >= 0.3 is 0 Å². The van der Waals surface area contributed by atoms with E-state index in [1.165, 1.54) is 0 Å². The molecule has 1 fully saturated rings. The normalized spacial score (nSPS) is 41.0. The first-order valence-corrected chi connectivity index (χ1v) is 7.55. The summed E-state index contributed by atoms with van der Waals surface area (Å²) in [5.74, 6) is 0.466. The van der Waals surface area contributed by atoms with Gasteiger partial charge in [0.2, 0.25) is 7.44 Å². The van der Waals surface area contributed by atoms with Crippen LogP contribution in [0.5, 0.6) is 0 Å². The maximum atomic E-state index is 12.2. The second-order valence-electron chi connectivity index (χ2n) is 3.99. The van der Waals surface area contributed by atoms with Crippen molar-refractivity contribution >= 4 is 19.2 Å². The van der Waals surface area contributed by atoms with E-state index in [1.807, 2.05) is 0 Å². The summed E-state index contributed by atoms with van der Waals surface area (Å²) in [6, 6.07) is 0. The van der Waals surface area contributed by atoms with Crippen LogP contribution in [0.1, 0.15) is 27.7 Å². The van der Waals surface area contributed by atoms with Gasteiger partial charge in [0.25, 0.3) is 0 Å². The molecule has 0 aromatic heterocycles. The van der Waals surface area contributed by atoms with Crippen LogP contribution in [0.15, 0.2) is 0 Å². The van der Waals surface area contributed by atoms with Crippen molar-refractivity contribution in [2.45, 2.75) is 38.4 Å². The van der Waals surface area contributed by atoms with Gasteiger partial charge in [-0.1, -0.05) is 13.8 Å². The van der Waals surface area contributed by atoms with Gasteiger partial charge < -0.3 is 0 Å². The topological polar surface area (TPSA) is 41.1 Å². The fourth-order valence-corrected chi connectivity index (χ4v) is 6.22. The third-order valence-corrected chi connectivity index (χ3v) is 6.07. The summed E-state index contributed by atoms with van der Waals surface area (Å²) in [6.45, 7) is 8.32. The smallest absolute Gasteiger partial charge is 0.213 e. The molecule has 1 saturated heterocycles. The molecule has 0 aromatic carbocycles. The molecular formula is C8H19N2OPS. The molecule has 1 aliphatic rings. The first-order valence-electron chi connectivity index (χ1n) is 4.71. The molecule has 0 aliphatic carbocycles. The Labute approximate surface area is 84.9 Å². The van der Waals surface area contributed by atoms with E-state index in [4.69, 9.17) is 0 Å². The third kappa shape index (κ3) is 3.62. The fourth-order valence-electron chi connectivity index (χ4n) is 1.61. The predicted molar refractivity (Wildman–Crippen MR) is 60.1 cm³/mol. The average molecular weight is 222 g/mol. The number of hydrogen-bond acceptors (Lipinski definition) is 2. The predicted octanol–water partition coefficient (Wildman–Crippen LogP) is 2.45. The molecule has 3 nitrogen and oxygen atoms in total. The van der Waals surface area contributed by atoms with Crippen LogP contribution in [0.4, 0.5) is 0 Å². The van der Waals surface area contributed by atoms with Crippen molar-refractivity contribution < 1.29 is 4.57 Å². The Morgan fingerprint density at radius 1 is 1.31 bits per heavy atom. The van der Waals surface area contributed by atoms with Gasteiger partial charge in [0, 0.05) is 6.16 Å². The quantitative estimate of drug-likeness (QED) is 0.704. The van der Waals surface area contributed by atoms with E-state index in [-0.39, 0.29) is 0 Å². The van der Waals surface area contributed by atoms with E-state index >= 15 is 0 Å². The monoisotopic (exact) mass is 222 g/mol. The zero-order chi connectivity index (χ0) is 10.1. The van der Waals surface area contributed by atoms with Crippen molar-refractivity contribution in [2.24, 2.45) is 5.92 Å². The summed E-state index contributed by atoms with van der Waals surface area (Å²) in [6.07, 6.45) is 0.738. The van der Waals surface area contributed by atoms with Crippen molar-refractivity contribution in [3.05, 3.63) is 0 Å².